The summed E-state index contributed by atoms with van der Waals surface area (Å²) in [5, 5.41) is 9.49. The number of nitrogens with zero attached hydrogens (tertiary/aromatic N) is 1. The van der Waals surface area contributed by atoms with E-state index >= 15 is 0 Å². The van der Waals surface area contributed by atoms with Crippen LogP contribution in [0.5, 0.6) is 0 Å². The predicted octanol–water partition coefficient (Wildman–Crippen LogP) is 3.42. The zero-order valence-corrected chi connectivity index (χ0v) is 13.1. The van der Waals surface area contributed by atoms with Crippen molar-refractivity contribution in [3.05, 3.63) is 63.1 Å². The van der Waals surface area contributed by atoms with Crippen LogP contribution in [0.3, 0.4) is 0 Å². The number of carboxylic acid groups (broad SMARTS) is 1. The second kappa shape index (κ2) is 5.68. The fourth-order valence-electron chi connectivity index (χ4n) is 2.49. The van der Waals surface area contributed by atoms with Gasteiger partial charge >= 0.3 is 5.97 Å². The number of hydrogen-bond donors (Lipinski definition) is 1. The zero-order chi connectivity index (χ0) is 16.7. The van der Waals surface area contributed by atoms with Gasteiger partial charge in [0.15, 0.2) is 0 Å². The maximum Gasteiger partial charge on any atom is 0.335 e. The summed E-state index contributed by atoms with van der Waals surface area (Å²) in [5.74, 6) is -2.47. The van der Waals surface area contributed by atoms with Crippen molar-refractivity contribution >= 4 is 46.5 Å². The van der Waals surface area contributed by atoms with Crippen LogP contribution in [0.4, 0.5) is 5.69 Å². The molecule has 0 bridgehead atoms. The number of carboxylic acids is 1. The van der Waals surface area contributed by atoms with Crippen molar-refractivity contribution in [1.29, 1.82) is 0 Å². The molecule has 1 aliphatic rings. The van der Waals surface area contributed by atoms with Gasteiger partial charge in [0.1, 0.15) is 0 Å². The minimum Gasteiger partial charge on any atom is -0.478 e. The van der Waals surface area contributed by atoms with Crippen LogP contribution in [0, 0.1) is 0 Å². The molecule has 0 aliphatic carbocycles. The molecule has 1 aliphatic heterocycles. The number of anilines is 1. The van der Waals surface area contributed by atoms with E-state index in [0.29, 0.717) is 11.3 Å². The SMILES string of the molecule is O=C(O)c1cccc(CN2C(=O)C(=O)c3cc(Cl)cc(Cl)c32)c1. The molecule has 1 N–H and O–H groups in total. The number of carbonyl (C=O) groups is 3. The van der Waals surface area contributed by atoms with Crippen molar-refractivity contribution in [1.82, 2.24) is 0 Å². The zero-order valence-electron chi connectivity index (χ0n) is 11.5. The molecule has 116 valence electrons. The van der Waals surface area contributed by atoms with E-state index in [2.05, 4.69) is 0 Å². The minimum atomic E-state index is -1.07. The van der Waals surface area contributed by atoms with Crippen LogP contribution in [0.15, 0.2) is 36.4 Å². The van der Waals surface area contributed by atoms with E-state index in [4.69, 9.17) is 28.3 Å². The minimum absolute atomic E-state index is 0.0417. The fourth-order valence-corrected chi connectivity index (χ4v) is 3.08. The highest BCUT2D eigenvalue weighted by atomic mass is 35.5. The Kier molecular flexibility index (Phi) is 3.83. The second-order valence-corrected chi connectivity index (χ2v) is 5.85. The Morgan fingerprint density at radius 1 is 1.13 bits per heavy atom. The van der Waals surface area contributed by atoms with Crippen LogP contribution < -0.4 is 4.90 Å². The fraction of sp³-hybridized carbons (Fsp3) is 0.0625. The molecule has 0 fully saturated rings. The van der Waals surface area contributed by atoms with Gasteiger partial charge < -0.3 is 5.11 Å². The quantitative estimate of drug-likeness (QED) is 0.861. The van der Waals surface area contributed by atoms with Crippen molar-refractivity contribution in [3.8, 4) is 0 Å². The summed E-state index contributed by atoms with van der Waals surface area (Å²) < 4.78 is 0. The highest BCUT2D eigenvalue weighted by Gasteiger charge is 2.37. The van der Waals surface area contributed by atoms with Crippen LogP contribution in [-0.2, 0) is 11.3 Å². The lowest BCUT2D eigenvalue weighted by molar-refractivity contribution is -0.114. The number of hydrogen-bond acceptors (Lipinski definition) is 3. The van der Waals surface area contributed by atoms with Crippen molar-refractivity contribution in [3.63, 3.8) is 0 Å². The van der Waals surface area contributed by atoms with E-state index in [1.807, 2.05) is 0 Å². The van der Waals surface area contributed by atoms with E-state index in [1.54, 1.807) is 12.1 Å². The standard InChI is InChI=1S/C16H9Cl2NO4/c17-10-5-11-13(12(18)6-10)19(15(21)14(11)20)7-8-2-1-3-9(4-8)16(22)23/h1-6H,7H2,(H,22,23). The molecule has 3 rings (SSSR count). The summed E-state index contributed by atoms with van der Waals surface area (Å²) in [5.41, 5.74) is 1.13. The van der Waals surface area contributed by atoms with Crippen molar-refractivity contribution < 1.29 is 19.5 Å². The molecular weight excluding hydrogens is 341 g/mol. The van der Waals surface area contributed by atoms with Gasteiger partial charge in [-0.05, 0) is 29.8 Å². The first-order chi connectivity index (χ1) is 10.9. The summed E-state index contributed by atoms with van der Waals surface area (Å²) in [7, 11) is 0. The number of benzene rings is 2. The Morgan fingerprint density at radius 3 is 2.57 bits per heavy atom. The molecule has 0 saturated carbocycles. The maximum atomic E-state index is 12.2. The number of aromatic carboxylic acids is 1. The van der Waals surface area contributed by atoms with E-state index in [-0.39, 0.29) is 27.7 Å². The second-order valence-electron chi connectivity index (χ2n) is 5.01. The van der Waals surface area contributed by atoms with Crippen LogP contribution in [0.1, 0.15) is 26.3 Å². The van der Waals surface area contributed by atoms with Crippen LogP contribution >= 0.6 is 23.2 Å². The summed E-state index contributed by atoms with van der Waals surface area (Å²) in [6.45, 7) is 0.0417. The number of halogens is 2. The normalized spacial score (nSPS) is 13.4. The number of amides is 1. The van der Waals surface area contributed by atoms with Gasteiger partial charge in [0, 0.05) is 5.02 Å². The van der Waals surface area contributed by atoms with Gasteiger partial charge in [-0.15, -0.1) is 0 Å². The van der Waals surface area contributed by atoms with Gasteiger partial charge in [0.2, 0.25) is 0 Å². The van der Waals surface area contributed by atoms with Crippen molar-refractivity contribution in [2.75, 3.05) is 4.90 Å². The largest absolute Gasteiger partial charge is 0.478 e. The molecule has 0 atom stereocenters. The molecule has 0 radical (unpaired) electrons. The Balaban J connectivity index is 2.02. The number of rotatable bonds is 3. The highest BCUT2D eigenvalue weighted by Crippen LogP contribution is 2.39. The van der Waals surface area contributed by atoms with E-state index in [9.17, 15) is 14.4 Å². The molecule has 1 amide bonds. The van der Waals surface area contributed by atoms with Crippen LogP contribution in [-0.4, -0.2) is 22.8 Å². The summed E-state index contributed by atoms with van der Waals surface area (Å²) >= 11 is 12.0. The van der Waals surface area contributed by atoms with Crippen LogP contribution in [0.2, 0.25) is 10.0 Å². The summed E-state index contributed by atoms with van der Waals surface area (Å²) in [4.78, 5) is 36.5. The predicted molar refractivity (Wildman–Crippen MR) is 85.4 cm³/mol. The lowest BCUT2D eigenvalue weighted by Gasteiger charge is -2.18. The van der Waals surface area contributed by atoms with Gasteiger partial charge in [-0.2, -0.15) is 0 Å². The monoisotopic (exact) mass is 349 g/mol. The summed E-state index contributed by atoms with van der Waals surface area (Å²) in [6, 6.07) is 8.99. The smallest absolute Gasteiger partial charge is 0.335 e. The molecule has 2 aromatic carbocycles. The molecule has 0 aromatic heterocycles. The lowest BCUT2D eigenvalue weighted by Crippen LogP contribution is -2.29. The Labute approximate surface area is 141 Å². The third-order valence-corrected chi connectivity index (χ3v) is 4.00. The third-order valence-electron chi connectivity index (χ3n) is 3.50. The van der Waals surface area contributed by atoms with E-state index in [1.165, 1.54) is 29.2 Å². The number of carbonyl (C=O) groups excluding carboxylic acids is 2. The molecular formula is C16H9Cl2NO4. The molecule has 23 heavy (non-hydrogen) atoms. The average Bonchev–Trinajstić information content (AvgIpc) is 2.73. The lowest BCUT2D eigenvalue weighted by atomic mass is 10.1. The molecule has 5 nitrogen and oxygen atoms in total. The van der Waals surface area contributed by atoms with Gasteiger partial charge in [0.25, 0.3) is 11.7 Å². The topological polar surface area (TPSA) is 74.7 Å². The summed E-state index contributed by atoms with van der Waals surface area (Å²) in [6.07, 6.45) is 0. The molecule has 1 heterocycles. The maximum absolute atomic E-state index is 12.2. The highest BCUT2D eigenvalue weighted by molar-refractivity contribution is 6.54. The van der Waals surface area contributed by atoms with Gasteiger partial charge in [-0.3, -0.25) is 14.5 Å². The van der Waals surface area contributed by atoms with Gasteiger partial charge in [-0.1, -0.05) is 35.3 Å². The van der Waals surface area contributed by atoms with Crippen molar-refractivity contribution in [2.45, 2.75) is 6.54 Å². The Hall–Kier alpha value is -2.37. The van der Waals surface area contributed by atoms with E-state index in [0.717, 1.165) is 0 Å². The molecule has 0 unspecified atom stereocenters. The number of fused-ring (bicyclic) bond motifs is 1. The molecule has 7 heteroatoms. The first kappa shape index (κ1) is 15.5. The van der Waals surface area contributed by atoms with Crippen molar-refractivity contribution in [2.24, 2.45) is 0 Å². The number of ketones is 1. The Morgan fingerprint density at radius 2 is 1.87 bits per heavy atom. The number of Topliss-reactive ketones (excluding diaryl/α,β-unsaturated/α-hetero) is 1. The molecule has 0 saturated heterocycles. The van der Waals surface area contributed by atoms with Gasteiger partial charge in [0.05, 0.1) is 28.4 Å². The average molecular weight is 350 g/mol. The molecule has 2 aromatic rings. The third kappa shape index (κ3) is 2.69. The molecule has 0 spiro atoms. The van der Waals surface area contributed by atoms with Gasteiger partial charge in [-0.25, -0.2) is 4.79 Å². The van der Waals surface area contributed by atoms with Crippen LogP contribution in [0.25, 0.3) is 0 Å². The first-order valence-corrected chi connectivity index (χ1v) is 7.31. The van der Waals surface area contributed by atoms with E-state index < -0.39 is 17.7 Å². The Bertz CT molecular complexity index is 863. The first-order valence-electron chi connectivity index (χ1n) is 6.56.